The third-order valence-electron chi connectivity index (χ3n) is 3.84. The molecule has 1 rings (SSSR count). The standard InChI is InChI=1S/C15H29NO4/c1-2-3-10-20-12-14(17)11-16-9-5-4-6-13(16)7-8-15(18)19/h13-14,17H,2-12H2,1H3,(H,18,19). The molecule has 0 aromatic heterocycles. The highest BCUT2D eigenvalue weighted by atomic mass is 16.5. The predicted octanol–water partition coefficient (Wildman–Crippen LogP) is 1.88. The van der Waals surface area contributed by atoms with E-state index in [0.717, 1.165) is 38.6 Å². The van der Waals surface area contributed by atoms with Gasteiger partial charge in [0.05, 0.1) is 12.7 Å². The molecular formula is C15H29NO4. The lowest BCUT2D eigenvalue weighted by molar-refractivity contribution is -0.137. The minimum atomic E-state index is -0.737. The van der Waals surface area contributed by atoms with Gasteiger partial charge in [0.15, 0.2) is 0 Å². The van der Waals surface area contributed by atoms with Crippen LogP contribution in [0.5, 0.6) is 0 Å². The lowest BCUT2D eigenvalue weighted by Gasteiger charge is -2.36. The summed E-state index contributed by atoms with van der Waals surface area (Å²) in [5.41, 5.74) is 0. The maximum Gasteiger partial charge on any atom is 0.303 e. The van der Waals surface area contributed by atoms with Crippen molar-refractivity contribution in [2.75, 3.05) is 26.3 Å². The van der Waals surface area contributed by atoms with Crippen molar-refractivity contribution in [2.45, 2.75) is 64.0 Å². The molecule has 1 fully saturated rings. The number of β-amino-alcohol motifs (C(OH)–C–C–N with tert-alkyl or cyclic N) is 1. The van der Waals surface area contributed by atoms with Gasteiger partial charge in [0.25, 0.3) is 0 Å². The molecule has 0 saturated carbocycles. The van der Waals surface area contributed by atoms with Crippen molar-refractivity contribution in [2.24, 2.45) is 0 Å². The molecule has 5 heteroatoms. The number of carbonyl (C=O) groups is 1. The van der Waals surface area contributed by atoms with E-state index in [1.165, 1.54) is 0 Å². The van der Waals surface area contributed by atoms with Gasteiger partial charge in [-0.05, 0) is 32.2 Å². The molecule has 1 heterocycles. The Hall–Kier alpha value is -0.650. The fourth-order valence-corrected chi connectivity index (χ4v) is 2.71. The number of nitrogens with zero attached hydrogens (tertiary/aromatic N) is 1. The summed E-state index contributed by atoms with van der Waals surface area (Å²) in [5, 5.41) is 18.8. The predicted molar refractivity (Wildman–Crippen MR) is 77.8 cm³/mol. The molecule has 118 valence electrons. The number of hydrogen-bond donors (Lipinski definition) is 2. The number of aliphatic hydroxyl groups is 1. The number of aliphatic carboxylic acids is 1. The lowest BCUT2D eigenvalue weighted by atomic mass is 9.97. The second-order valence-electron chi connectivity index (χ2n) is 5.66. The van der Waals surface area contributed by atoms with Crippen molar-refractivity contribution in [3.63, 3.8) is 0 Å². The Kier molecular flexibility index (Phi) is 8.82. The van der Waals surface area contributed by atoms with Crippen LogP contribution in [0, 0.1) is 0 Å². The molecule has 0 aromatic carbocycles. The highest BCUT2D eigenvalue weighted by Crippen LogP contribution is 2.21. The number of rotatable bonds is 10. The van der Waals surface area contributed by atoms with Crippen molar-refractivity contribution in [1.29, 1.82) is 0 Å². The van der Waals surface area contributed by atoms with Crippen LogP contribution in [-0.4, -0.2) is 59.5 Å². The van der Waals surface area contributed by atoms with Gasteiger partial charge in [-0.1, -0.05) is 19.8 Å². The van der Waals surface area contributed by atoms with Gasteiger partial charge in [0.1, 0.15) is 0 Å². The summed E-state index contributed by atoms with van der Waals surface area (Å²) in [7, 11) is 0. The first kappa shape index (κ1) is 17.4. The van der Waals surface area contributed by atoms with E-state index >= 15 is 0 Å². The zero-order valence-electron chi connectivity index (χ0n) is 12.6. The molecule has 0 radical (unpaired) electrons. The van der Waals surface area contributed by atoms with Crippen LogP contribution >= 0.6 is 0 Å². The van der Waals surface area contributed by atoms with Crippen LogP contribution in [0.3, 0.4) is 0 Å². The number of unbranched alkanes of at least 4 members (excludes halogenated alkanes) is 1. The average molecular weight is 287 g/mol. The van der Waals surface area contributed by atoms with E-state index in [1.54, 1.807) is 0 Å². The van der Waals surface area contributed by atoms with E-state index in [2.05, 4.69) is 11.8 Å². The van der Waals surface area contributed by atoms with Gasteiger partial charge >= 0.3 is 5.97 Å². The molecule has 0 amide bonds. The molecule has 0 spiro atoms. The summed E-state index contributed by atoms with van der Waals surface area (Å²) in [5.74, 6) is -0.737. The quantitative estimate of drug-likeness (QED) is 0.600. The minimum absolute atomic E-state index is 0.213. The first-order valence-corrected chi connectivity index (χ1v) is 7.85. The number of ether oxygens (including phenoxy) is 1. The maximum absolute atomic E-state index is 10.7. The summed E-state index contributed by atoms with van der Waals surface area (Å²) in [6.45, 7) is 4.74. The Balaban J connectivity index is 2.27. The smallest absolute Gasteiger partial charge is 0.303 e. The molecule has 2 unspecified atom stereocenters. The molecule has 2 N–H and O–H groups in total. The Bertz CT molecular complexity index is 273. The number of aliphatic hydroxyl groups excluding tert-OH is 1. The van der Waals surface area contributed by atoms with Crippen molar-refractivity contribution < 1.29 is 19.7 Å². The van der Waals surface area contributed by atoms with E-state index in [-0.39, 0.29) is 6.42 Å². The van der Waals surface area contributed by atoms with Crippen LogP contribution in [0.15, 0.2) is 0 Å². The van der Waals surface area contributed by atoms with Gasteiger partial charge in [-0.25, -0.2) is 0 Å². The summed E-state index contributed by atoms with van der Waals surface area (Å²) in [6.07, 6.45) is 5.87. The minimum Gasteiger partial charge on any atom is -0.481 e. The van der Waals surface area contributed by atoms with Gasteiger partial charge in [0.2, 0.25) is 0 Å². The lowest BCUT2D eigenvalue weighted by Crippen LogP contribution is -2.45. The van der Waals surface area contributed by atoms with Crippen LogP contribution in [0.4, 0.5) is 0 Å². The Morgan fingerprint density at radius 1 is 1.45 bits per heavy atom. The molecule has 1 saturated heterocycles. The SMILES string of the molecule is CCCCOCC(O)CN1CCCCC1CCC(=O)O. The molecule has 1 aliphatic rings. The monoisotopic (exact) mass is 287 g/mol. The largest absolute Gasteiger partial charge is 0.481 e. The number of hydrogen-bond acceptors (Lipinski definition) is 4. The van der Waals surface area contributed by atoms with Crippen LogP contribution in [0.25, 0.3) is 0 Å². The normalized spacial score (nSPS) is 21.8. The first-order valence-electron chi connectivity index (χ1n) is 7.85. The van der Waals surface area contributed by atoms with Crippen molar-refractivity contribution >= 4 is 5.97 Å². The molecular weight excluding hydrogens is 258 g/mol. The van der Waals surface area contributed by atoms with E-state index in [9.17, 15) is 9.90 Å². The highest BCUT2D eigenvalue weighted by Gasteiger charge is 2.24. The molecule has 2 atom stereocenters. The van der Waals surface area contributed by atoms with Crippen LogP contribution in [-0.2, 0) is 9.53 Å². The molecule has 0 aliphatic carbocycles. The Morgan fingerprint density at radius 2 is 2.25 bits per heavy atom. The third kappa shape index (κ3) is 7.22. The molecule has 1 aliphatic heterocycles. The Labute approximate surface area is 121 Å². The topological polar surface area (TPSA) is 70.0 Å². The number of piperidine rings is 1. The zero-order chi connectivity index (χ0) is 14.8. The Morgan fingerprint density at radius 3 is 2.95 bits per heavy atom. The third-order valence-corrected chi connectivity index (χ3v) is 3.84. The fraction of sp³-hybridized carbons (Fsp3) is 0.933. The van der Waals surface area contributed by atoms with E-state index in [0.29, 0.717) is 32.2 Å². The summed E-state index contributed by atoms with van der Waals surface area (Å²) in [6, 6.07) is 0.296. The summed E-state index contributed by atoms with van der Waals surface area (Å²) < 4.78 is 5.44. The van der Waals surface area contributed by atoms with Gasteiger partial charge < -0.3 is 14.9 Å². The molecule has 5 nitrogen and oxygen atoms in total. The van der Waals surface area contributed by atoms with Crippen LogP contribution in [0.1, 0.15) is 51.9 Å². The fourth-order valence-electron chi connectivity index (χ4n) is 2.71. The molecule has 0 aromatic rings. The van der Waals surface area contributed by atoms with E-state index in [4.69, 9.17) is 9.84 Å². The number of carboxylic acid groups (broad SMARTS) is 1. The number of carboxylic acids is 1. The van der Waals surface area contributed by atoms with Crippen molar-refractivity contribution in [3.05, 3.63) is 0 Å². The average Bonchev–Trinajstić information content (AvgIpc) is 2.42. The van der Waals surface area contributed by atoms with Gasteiger partial charge in [0, 0.05) is 25.6 Å². The second kappa shape index (κ2) is 10.1. The van der Waals surface area contributed by atoms with Gasteiger partial charge in [-0.2, -0.15) is 0 Å². The maximum atomic E-state index is 10.7. The van der Waals surface area contributed by atoms with E-state index < -0.39 is 12.1 Å². The van der Waals surface area contributed by atoms with E-state index in [1.807, 2.05) is 0 Å². The summed E-state index contributed by atoms with van der Waals surface area (Å²) >= 11 is 0. The van der Waals surface area contributed by atoms with Gasteiger partial charge in [-0.3, -0.25) is 9.69 Å². The first-order chi connectivity index (χ1) is 9.63. The second-order valence-corrected chi connectivity index (χ2v) is 5.66. The molecule has 0 bridgehead atoms. The zero-order valence-corrected chi connectivity index (χ0v) is 12.6. The van der Waals surface area contributed by atoms with Crippen LogP contribution in [0.2, 0.25) is 0 Å². The summed E-state index contributed by atoms with van der Waals surface area (Å²) in [4.78, 5) is 12.9. The highest BCUT2D eigenvalue weighted by molar-refractivity contribution is 5.66. The van der Waals surface area contributed by atoms with Crippen molar-refractivity contribution in [1.82, 2.24) is 4.90 Å². The number of likely N-dealkylation sites (tertiary alicyclic amines) is 1. The van der Waals surface area contributed by atoms with Crippen LogP contribution < -0.4 is 0 Å². The van der Waals surface area contributed by atoms with Crippen molar-refractivity contribution in [3.8, 4) is 0 Å². The van der Waals surface area contributed by atoms with Gasteiger partial charge in [-0.15, -0.1) is 0 Å². The molecule has 20 heavy (non-hydrogen) atoms.